The standard InChI is InChI=1S/C14H10BNS/c15-11-6-7-12-13(9-11)17-14(16-12)8-10-4-2-1-3-5-10/h1-7,9H,8H2. The summed E-state index contributed by atoms with van der Waals surface area (Å²) in [5, 5.41) is 1.14. The highest BCUT2D eigenvalue weighted by Crippen LogP contribution is 2.22. The Bertz CT molecular complexity index is 646. The third kappa shape index (κ3) is 2.24. The van der Waals surface area contributed by atoms with Crippen LogP contribution in [0.3, 0.4) is 0 Å². The molecule has 2 aromatic carbocycles. The summed E-state index contributed by atoms with van der Waals surface area (Å²) in [5.41, 5.74) is 3.13. The fraction of sp³-hybridized carbons (Fsp3) is 0.0714. The highest BCUT2D eigenvalue weighted by Gasteiger charge is 2.04. The fourth-order valence-corrected chi connectivity index (χ4v) is 2.88. The zero-order chi connectivity index (χ0) is 11.7. The third-order valence-corrected chi connectivity index (χ3v) is 3.67. The van der Waals surface area contributed by atoms with E-state index in [-0.39, 0.29) is 0 Å². The second kappa shape index (κ2) is 4.34. The van der Waals surface area contributed by atoms with E-state index >= 15 is 0 Å². The molecule has 0 aliphatic rings. The second-order valence-corrected chi connectivity index (χ2v) is 5.11. The lowest BCUT2D eigenvalue weighted by Gasteiger charge is -1.95. The van der Waals surface area contributed by atoms with Crippen molar-refractivity contribution in [3.05, 3.63) is 59.1 Å². The highest BCUT2D eigenvalue weighted by molar-refractivity contribution is 7.18. The molecular formula is C14H10BNS. The van der Waals surface area contributed by atoms with Crippen molar-refractivity contribution in [2.24, 2.45) is 0 Å². The zero-order valence-corrected chi connectivity index (χ0v) is 10.1. The van der Waals surface area contributed by atoms with Crippen molar-refractivity contribution in [2.45, 2.75) is 6.42 Å². The van der Waals surface area contributed by atoms with Gasteiger partial charge in [-0.15, -0.1) is 11.3 Å². The molecule has 0 aliphatic heterocycles. The Morgan fingerprint density at radius 1 is 1.06 bits per heavy atom. The van der Waals surface area contributed by atoms with Crippen LogP contribution in [0.1, 0.15) is 10.6 Å². The molecule has 3 aromatic rings. The van der Waals surface area contributed by atoms with Gasteiger partial charge in [-0.1, -0.05) is 41.9 Å². The zero-order valence-electron chi connectivity index (χ0n) is 9.26. The quantitative estimate of drug-likeness (QED) is 0.622. The summed E-state index contributed by atoms with van der Waals surface area (Å²) in [6.07, 6.45) is 0.889. The fourth-order valence-electron chi connectivity index (χ4n) is 1.84. The molecule has 0 aliphatic carbocycles. The highest BCUT2D eigenvalue weighted by atomic mass is 32.1. The molecule has 0 fully saturated rings. The predicted molar refractivity (Wildman–Crippen MR) is 74.3 cm³/mol. The summed E-state index contributed by atoms with van der Waals surface area (Å²) in [4.78, 5) is 4.61. The molecule has 0 N–H and O–H groups in total. The van der Waals surface area contributed by atoms with Crippen LogP contribution in [0.5, 0.6) is 0 Å². The molecule has 80 valence electrons. The molecule has 3 rings (SSSR count). The molecule has 0 bridgehead atoms. The van der Waals surface area contributed by atoms with Gasteiger partial charge in [0.2, 0.25) is 0 Å². The number of fused-ring (bicyclic) bond motifs is 1. The van der Waals surface area contributed by atoms with E-state index in [2.05, 4.69) is 29.2 Å². The van der Waals surface area contributed by atoms with Crippen LogP contribution in [0.15, 0.2) is 48.5 Å². The summed E-state index contributed by atoms with van der Waals surface area (Å²) < 4.78 is 1.16. The van der Waals surface area contributed by atoms with E-state index in [1.165, 1.54) is 5.56 Å². The third-order valence-electron chi connectivity index (χ3n) is 2.65. The van der Waals surface area contributed by atoms with Crippen LogP contribution in [-0.4, -0.2) is 12.8 Å². The van der Waals surface area contributed by atoms with Gasteiger partial charge in [0.05, 0.1) is 15.2 Å². The number of hydrogen-bond donors (Lipinski definition) is 0. The molecular weight excluding hydrogens is 225 g/mol. The smallest absolute Gasteiger partial charge is 0.113 e. The average molecular weight is 235 g/mol. The molecule has 0 unspecified atom stereocenters. The summed E-state index contributed by atoms with van der Waals surface area (Å²) in [6.45, 7) is 0. The molecule has 1 aromatic heterocycles. The Morgan fingerprint density at radius 2 is 1.88 bits per heavy atom. The molecule has 1 nitrogen and oxygen atoms in total. The summed E-state index contributed by atoms with van der Waals surface area (Å²) in [6, 6.07) is 16.3. The monoisotopic (exact) mass is 235 g/mol. The van der Waals surface area contributed by atoms with Crippen LogP contribution >= 0.6 is 11.3 Å². The van der Waals surface area contributed by atoms with Crippen molar-refractivity contribution < 1.29 is 0 Å². The Labute approximate surface area is 106 Å². The molecule has 3 heteroatoms. The lowest BCUT2D eigenvalue weighted by molar-refractivity contribution is 1.16. The molecule has 17 heavy (non-hydrogen) atoms. The first-order valence-corrected chi connectivity index (χ1v) is 6.32. The summed E-state index contributed by atoms with van der Waals surface area (Å²) in [5.74, 6) is 0. The van der Waals surface area contributed by atoms with Crippen LogP contribution < -0.4 is 5.46 Å². The Morgan fingerprint density at radius 3 is 2.71 bits per heavy atom. The minimum atomic E-state index is 0.799. The Hall–Kier alpha value is -1.61. The molecule has 0 saturated heterocycles. The Kier molecular flexibility index (Phi) is 2.69. The largest absolute Gasteiger partial charge is 0.241 e. The number of benzene rings is 2. The lowest BCUT2D eigenvalue weighted by atomic mass is 9.97. The van der Waals surface area contributed by atoms with Gasteiger partial charge in [-0.2, -0.15) is 0 Å². The lowest BCUT2D eigenvalue weighted by Crippen LogP contribution is -1.98. The van der Waals surface area contributed by atoms with Crippen molar-refractivity contribution in [3.8, 4) is 0 Å². The summed E-state index contributed by atoms with van der Waals surface area (Å²) >= 11 is 1.72. The van der Waals surface area contributed by atoms with Gasteiger partial charge in [-0.3, -0.25) is 0 Å². The van der Waals surface area contributed by atoms with Gasteiger partial charge in [0.15, 0.2) is 0 Å². The van der Waals surface area contributed by atoms with Gasteiger partial charge in [-0.25, -0.2) is 4.98 Å². The van der Waals surface area contributed by atoms with E-state index in [1.54, 1.807) is 11.3 Å². The van der Waals surface area contributed by atoms with Gasteiger partial charge in [0, 0.05) is 6.42 Å². The van der Waals surface area contributed by atoms with Crippen LogP contribution in [0.2, 0.25) is 0 Å². The first-order valence-electron chi connectivity index (χ1n) is 5.50. The van der Waals surface area contributed by atoms with Gasteiger partial charge >= 0.3 is 0 Å². The van der Waals surface area contributed by atoms with Crippen LogP contribution in [0.25, 0.3) is 10.2 Å². The van der Waals surface area contributed by atoms with Crippen molar-refractivity contribution in [2.75, 3.05) is 0 Å². The van der Waals surface area contributed by atoms with Crippen LogP contribution in [0.4, 0.5) is 0 Å². The molecule has 0 spiro atoms. The maximum atomic E-state index is 5.76. The number of hydrogen-bond acceptors (Lipinski definition) is 2. The van der Waals surface area contributed by atoms with Gasteiger partial charge in [0.1, 0.15) is 7.85 Å². The van der Waals surface area contributed by atoms with E-state index in [4.69, 9.17) is 7.85 Å². The molecule has 2 radical (unpaired) electrons. The second-order valence-electron chi connectivity index (χ2n) is 4.00. The average Bonchev–Trinajstić information content (AvgIpc) is 2.71. The molecule has 0 amide bonds. The number of rotatable bonds is 2. The van der Waals surface area contributed by atoms with Crippen LogP contribution in [0, 0.1) is 0 Å². The molecule has 0 atom stereocenters. The molecule has 1 heterocycles. The topological polar surface area (TPSA) is 12.9 Å². The van der Waals surface area contributed by atoms with E-state index in [0.717, 1.165) is 27.1 Å². The van der Waals surface area contributed by atoms with Crippen molar-refractivity contribution in [1.82, 2.24) is 4.98 Å². The minimum absolute atomic E-state index is 0.799. The van der Waals surface area contributed by atoms with E-state index in [9.17, 15) is 0 Å². The van der Waals surface area contributed by atoms with Crippen molar-refractivity contribution in [3.63, 3.8) is 0 Å². The maximum absolute atomic E-state index is 5.76. The normalized spacial score (nSPS) is 10.8. The predicted octanol–water partition coefficient (Wildman–Crippen LogP) is 2.68. The van der Waals surface area contributed by atoms with E-state index < -0.39 is 0 Å². The minimum Gasteiger partial charge on any atom is -0.241 e. The van der Waals surface area contributed by atoms with Gasteiger partial charge < -0.3 is 0 Å². The van der Waals surface area contributed by atoms with Crippen LogP contribution in [-0.2, 0) is 6.42 Å². The van der Waals surface area contributed by atoms with Crippen molar-refractivity contribution in [1.29, 1.82) is 0 Å². The number of thiazole rings is 1. The van der Waals surface area contributed by atoms with E-state index in [1.807, 2.05) is 24.3 Å². The Balaban J connectivity index is 1.96. The van der Waals surface area contributed by atoms with Crippen molar-refractivity contribution >= 4 is 34.9 Å². The number of nitrogens with zero attached hydrogens (tertiary/aromatic N) is 1. The first-order chi connectivity index (χ1) is 8.31. The summed E-state index contributed by atoms with van der Waals surface area (Å²) in [7, 11) is 5.76. The van der Waals surface area contributed by atoms with Gasteiger partial charge in [-0.05, 0) is 17.7 Å². The SMILES string of the molecule is [B]c1ccc2nc(Cc3ccccc3)sc2c1. The maximum Gasteiger partial charge on any atom is 0.113 e. The number of aromatic nitrogens is 1. The first kappa shape index (κ1) is 10.5. The van der Waals surface area contributed by atoms with Gasteiger partial charge in [0.25, 0.3) is 0 Å². The molecule has 0 saturated carbocycles. The van der Waals surface area contributed by atoms with E-state index in [0.29, 0.717) is 0 Å².